The van der Waals surface area contributed by atoms with Crippen LogP contribution in [0.15, 0.2) is 0 Å². The first-order valence-corrected chi connectivity index (χ1v) is 5.24. The Morgan fingerprint density at radius 3 is 2.46 bits per heavy atom. The summed E-state index contributed by atoms with van der Waals surface area (Å²) >= 11 is 0. The molecule has 0 saturated carbocycles. The third-order valence-electron chi connectivity index (χ3n) is 2.86. The fraction of sp³-hybridized carbons (Fsp3) is 1.00. The molecule has 0 amide bonds. The molecule has 78 valence electrons. The van der Waals surface area contributed by atoms with Gasteiger partial charge in [-0.05, 0) is 5.92 Å². The van der Waals surface area contributed by atoms with E-state index in [0.717, 1.165) is 12.8 Å². The van der Waals surface area contributed by atoms with E-state index in [1.165, 1.54) is 0 Å². The van der Waals surface area contributed by atoms with Crippen molar-refractivity contribution in [3.05, 3.63) is 0 Å². The molecule has 0 aromatic rings. The zero-order chi connectivity index (χ0) is 9.68. The Hall–Kier alpha value is -0.120. The van der Waals surface area contributed by atoms with Gasteiger partial charge in [-0.2, -0.15) is 0 Å². The number of hydrogen-bond donors (Lipinski definition) is 1. The van der Waals surface area contributed by atoms with E-state index in [1.54, 1.807) is 0 Å². The van der Waals surface area contributed by atoms with Crippen molar-refractivity contribution in [2.45, 2.75) is 38.8 Å². The van der Waals surface area contributed by atoms with Crippen LogP contribution < -0.4 is 5.73 Å². The topological polar surface area (TPSA) is 44.5 Å². The molecule has 2 atom stereocenters. The molecule has 1 rings (SSSR count). The van der Waals surface area contributed by atoms with Gasteiger partial charge in [0, 0.05) is 6.04 Å². The van der Waals surface area contributed by atoms with Crippen molar-refractivity contribution in [1.82, 2.24) is 0 Å². The molecule has 1 aliphatic rings. The highest BCUT2D eigenvalue weighted by molar-refractivity contribution is 4.80. The van der Waals surface area contributed by atoms with Gasteiger partial charge in [0.2, 0.25) is 0 Å². The van der Waals surface area contributed by atoms with E-state index in [9.17, 15) is 0 Å². The molecule has 1 heterocycles. The maximum Gasteiger partial charge on any atom is 0.0962 e. The van der Waals surface area contributed by atoms with Crippen LogP contribution in [-0.2, 0) is 9.47 Å². The van der Waals surface area contributed by atoms with E-state index in [0.29, 0.717) is 25.7 Å². The summed E-state index contributed by atoms with van der Waals surface area (Å²) in [6, 6.07) is 0.135. The molecular weight excluding hydrogens is 166 g/mol. The molecule has 1 aliphatic heterocycles. The number of nitrogens with two attached hydrogens (primary N) is 1. The molecule has 2 N–H and O–H groups in total. The maximum atomic E-state index is 6.11. The second-order valence-electron chi connectivity index (χ2n) is 3.64. The first kappa shape index (κ1) is 11.0. The number of ether oxygens (including phenoxy) is 2. The molecule has 0 bridgehead atoms. The number of rotatable bonds is 4. The van der Waals surface area contributed by atoms with Gasteiger partial charge >= 0.3 is 0 Å². The maximum absolute atomic E-state index is 6.11. The van der Waals surface area contributed by atoms with E-state index >= 15 is 0 Å². The van der Waals surface area contributed by atoms with E-state index in [4.69, 9.17) is 15.2 Å². The lowest BCUT2D eigenvalue weighted by Gasteiger charge is -2.32. The molecular formula is C10H21NO2. The molecule has 0 radical (unpaired) electrons. The molecule has 0 aromatic carbocycles. The van der Waals surface area contributed by atoms with Crippen LogP contribution in [0.2, 0.25) is 0 Å². The Morgan fingerprint density at radius 1 is 1.31 bits per heavy atom. The molecule has 1 saturated heterocycles. The second kappa shape index (κ2) is 5.58. The van der Waals surface area contributed by atoms with Crippen molar-refractivity contribution in [3.8, 4) is 0 Å². The summed E-state index contributed by atoms with van der Waals surface area (Å²) in [5.74, 6) is 0.562. The van der Waals surface area contributed by atoms with Crippen LogP contribution in [0.1, 0.15) is 26.7 Å². The SMILES string of the molecule is CCC(CC)C(N)C1COCCO1. The van der Waals surface area contributed by atoms with Crippen LogP contribution in [0.3, 0.4) is 0 Å². The summed E-state index contributed by atoms with van der Waals surface area (Å²) in [5, 5.41) is 0. The predicted octanol–water partition coefficient (Wildman–Crippen LogP) is 1.17. The number of hydrogen-bond acceptors (Lipinski definition) is 3. The minimum absolute atomic E-state index is 0.110. The lowest BCUT2D eigenvalue weighted by atomic mass is 9.91. The van der Waals surface area contributed by atoms with Crippen LogP contribution >= 0.6 is 0 Å². The summed E-state index contributed by atoms with van der Waals surface area (Å²) in [5.41, 5.74) is 6.11. The van der Waals surface area contributed by atoms with Crippen molar-refractivity contribution >= 4 is 0 Å². The van der Waals surface area contributed by atoms with Gasteiger partial charge in [-0.25, -0.2) is 0 Å². The average Bonchev–Trinajstić information content (AvgIpc) is 2.21. The van der Waals surface area contributed by atoms with Gasteiger partial charge in [0.15, 0.2) is 0 Å². The lowest BCUT2D eigenvalue weighted by molar-refractivity contribution is -0.104. The Kier molecular flexibility index (Phi) is 4.70. The Labute approximate surface area is 80.6 Å². The first-order valence-electron chi connectivity index (χ1n) is 5.24. The second-order valence-corrected chi connectivity index (χ2v) is 3.64. The van der Waals surface area contributed by atoms with Crippen molar-refractivity contribution in [2.24, 2.45) is 11.7 Å². The van der Waals surface area contributed by atoms with Crippen LogP contribution in [-0.4, -0.2) is 32.0 Å². The molecule has 13 heavy (non-hydrogen) atoms. The van der Waals surface area contributed by atoms with E-state index < -0.39 is 0 Å². The monoisotopic (exact) mass is 187 g/mol. The highest BCUT2D eigenvalue weighted by Crippen LogP contribution is 2.17. The van der Waals surface area contributed by atoms with E-state index in [1.807, 2.05) is 0 Å². The third-order valence-corrected chi connectivity index (χ3v) is 2.86. The summed E-state index contributed by atoms with van der Waals surface area (Å²) in [7, 11) is 0. The van der Waals surface area contributed by atoms with Crippen molar-refractivity contribution in [3.63, 3.8) is 0 Å². The summed E-state index contributed by atoms with van der Waals surface area (Å²) in [4.78, 5) is 0. The Bertz CT molecular complexity index is 131. The predicted molar refractivity (Wildman–Crippen MR) is 52.6 cm³/mol. The molecule has 3 heteroatoms. The summed E-state index contributed by atoms with van der Waals surface area (Å²) in [6.45, 7) is 6.43. The molecule has 3 nitrogen and oxygen atoms in total. The summed E-state index contributed by atoms with van der Waals surface area (Å²) in [6.07, 6.45) is 2.35. The van der Waals surface area contributed by atoms with Crippen LogP contribution in [0, 0.1) is 5.92 Å². The van der Waals surface area contributed by atoms with Gasteiger partial charge in [-0.1, -0.05) is 26.7 Å². The van der Waals surface area contributed by atoms with Gasteiger partial charge in [-0.15, -0.1) is 0 Å². The average molecular weight is 187 g/mol. The highest BCUT2D eigenvalue weighted by atomic mass is 16.6. The quantitative estimate of drug-likeness (QED) is 0.718. The van der Waals surface area contributed by atoms with E-state index in [2.05, 4.69) is 13.8 Å². The van der Waals surface area contributed by atoms with E-state index in [-0.39, 0.29) is 12.1 Å². The van der Waals surface area contributed by atoms with Gasteiger partial charge in [0.25, 0.3) is 0 Å². The van der Waals surface area contributed by atoms with Gasteiger partial charge in [-0.3, -0.25) is 0 Å². The Balaban J connectivity index is 2.38. The zero-order valence-corrected chi connectivity index (χ0v) is 8.66. The Morgan fingerprint density at radius 2 is 2.00 bits per heavy atom. The normalized spacial score (nSPS) is 26.3. The zero-order valence-electron chi connectivity index (χ0n) is 8.66. The molecule has 0 aromatic heterocycles. The lowest BCUT2D eigenvalue weighted by Crippen LogP contribution is -2.47. The fourth-order valence-electron chi connectivity index (χ4n) is 1.86. The fourth-order valence-corrected chi connectivity index (χ4v) is 1.86. The largest absolute Gasteiger partial charge is 0.376 e. The minimum atomic E-state index is 0.110. The highest BCUT2D eigenvalue weighted by Gasteiger charge is 2.26. The first-order chi connectivity index (χ1) is 6.29. The van der Waals surface area contributed by atoms with Crippen molar-refractivity contribution in [1.29, 1.82) is 0 Å². The standard InChI is InChI=1S/C10H21NO2/c1-3-8(4-2)10(11)9-7-12-5-6-13-9/h8-10H,3-7,11H2,1-2H3. The molecule has 1 fully saturated rings. The minimum Gasteiger partial charge on any atom is -0.376 e. The van der Waals surface area contributed by atoms with Gasteiger partial charge in [0.05, 0.1) is 25.9 Å². The third kappa shape index (κ3) is 2.93. The van der Waals surface area contributed by atoms with Gasteiger partial charge < -0.3 is 15.2 Å². The smallest absolute Gasteiger partial charge is 0.0962 e. The van der Waals surface area contributed by atoms with Crippen LogP contribution in [0.4, 0.5) is 0 Å². The van der Waals surface area contributed by atoms with Gasteiger partial charge in [0.1, 0.15) is 0 Å². The molecule has 0 aliphatic carbocycles. The van der Waals surface area contributed by atoms with Crippen LogP contribution in [0.25, 0.3) is 0 Å². The van der Waals surface area contributed by atoms with Crippen molar-refractivity contribution in [2.75, 3.05) is 19.8 Å². The van der Waals surface area contributed by atoms with Crippen LogP contribution in [0.5, 0.6) is 0 Å². The molecule has 2 unspecified atom stereocenters. The van der Waals surface area contributed by atoms with Crippen molar-refractivity contribution < 1.29 is 9.47 Å². The summed E-state index contributed by atoms with van der Waals surface area (Å²) < 4.78 is 10.9. The molecule has 0 spiro atoms.